The van der Waals surface area contributed by atoms with E-state index < -0.39 is 10.0 Å². The van der Waals surface area contributed by atoms with Gasteiger partial charge in [0.05, 0.1) is 4.90 Å². The summed E-state index contributed by atoms with van der Waals surface area (Å²) < 4.78 is 33.0. The summed E-state index contributed by atoms with van der Waals surface area (Å²) in [6, 6.07) is 4.83. The zero-order valence-corrected chi connectivity index (χ0v) is 15.8. The van der Waals surface area contributed by atoms with E-state index in [0.29, 0.717) is 31.2 Å². The molecule has 0 fully saturated rings. The molecule has 9 heteroatoms. The van der Waals surface area contributed by atoms with Gasteiger partial charge in [-0.05, 0) is 30.2 Å². The first-order chi connectivity index (χ1) is 12.3. The summed E-state index contributed by atoms with van der Waals surface area (Å²) in [4.78, 5) is 13.4. The summed E-state index contributed by atoms with van der Waals surface area (Å²) in [5, 5.41) is 7.84. The molecule has 0 bridgehead atoms. The molecule has 0 aliphatic carbocycles. The highest BCUT2D eigenvalue weighted by atomic mass is 32.2. The third-order valence-corrected chi connectivity index (χ3v) is 5.70. The van der Waals surface area contributed by atoms with Gasteiger partial charge < -0.3 is 9.32 Å². The number of rotatable bonds is 6. The lowest BCUT2D eigenvalue weighted by Crippen LogP contribution is -2.26. The Balaban J connectivity index is 1.66. The van der Waals surface area contributed by atoms with Gasteiger partial charge in [0.25, 0.3) is 0 Å². The molecule has 1 aliphatic heterocycles. The molecule has 0 unspecified atom stereocenters. The van der Waals surface area contributed by atoms with Crippen LogP contribution in [0, 0.1) is 0 Å². The third kappa shape index (κ3) is 3.78. The molecule has 1 N–H and O–H groups in total. The fraction of sp³-hybridized carbons (Fsp3) is 0.471. The maximum absolute atomic E-state index is 12.5. The Kier molecular flexibility index (Phi) is 5.10. The highest BCUT2D eigenvalue weighted by Gasteiger charge is 2.24. The molecule has 1 aromatic heterocycles. The van der Waals surface area contributed by atoms with E-state index in [9.17, 15) is 13.2 Å². The van der Waals surface area contributed by atoms with E-state index in [4.69, 9.17) is 4.42 Å². The zero-order chi connectivity index (χ0) is 18.9. The number of aromatic nitrogens is 2. The average Bonchev–Trinajstić information content (AvgIpc) is 3.20. The lowest BCUT2D eigenvalue weighted by Gasteiger charge is -2.15. The summed E-state index contributed by atoms with van der Waals surface area (Å²) >= 11 is 0. The predicted molar refractivity (Wildman–Crippen MR) is 95.5 cm³/mol. The second-order valence-electron chi connectivity index (χ2n) is 6.55. The van der Waals surface area contributed by atoms with Crippen LogP contribution < -0.4 is 9.62 Å². The monoisotopic (exact) mass is 378 g/mol. The first-order valence-corrected chi connectivity index (χ1v) is 9.99. The van der Waals surface area contributed by atoms with Crippen LogP contribution in [0.25, 0.3) is 0 Å². The van der Waals surface area contributed by atoms with Gasteiger partial charge in [0.15, 0.2) is 0 Å². The van der Waals surface area contributed by atoms with Crippen LogP contribution >= 0.6 is 0 Å². The van der Waals surface area contributed by atoms with Gasteiger partial charge in [-0.25, -0.2) is 13.1 Å². The molecule has 3 rings (SSSR count). The van der Waals surface area contributed by atoms with Gasteiger partial charge in [-0.1, -0.05) is 13.8 Å². The molecule has 0 atom stereocenters. The molecule has 0 saturated heterocycles. The summed E-state index contributed by atoms with van der Waals surface area (Å²) in [6.07, 6.45) is 0.972. The molecule has 8 nitrogen and oxygen atoms in total. The van der Waals surface area contributed by atoms with E-state index in [0.717, 1.165) is 11.3 Å². The third-order valence-electron chi connectivity index (χ3n) is 4.24. The Bertz CT molecular complexity index is 921. The van der Waals surface area contributed by atoms with Crippen molar-refractivity contribution in [2.75, 3.05) is 18.0 Å². The number of fused-ring (bicyclic) bond motifs is 1. The van der Waals surface area contributed by atoms with Gasteiger partial charge in [-0.15, -0.1) is 10.2 Å². The van der Waals surface area contributed by atoms with Gasteiger partial charge in [-0.2, -0.15) is 0 Å². The molecule has 2 heterocycles. The van der Waals surface area contributed by atoms with E-state index in [1.54, 1.807) is 17.0 Å². The van der Waals surface area contributed by atoms with Crippen molar-refractivity contribution in [3.63, 3.8) is 0 Å². The standard InChI is InChI=1S/C17H22N4O4S/c1-11(2)17-20-19-16(25-17)6-8-18-26(23,24)14-4-5-15-13(10-14)7-9-21(15)12(3)22/h4-5,10-11,18H,6-9H2,1-3H3. The number of sulfonamides is 1. The van der Waals surface area contributed by atoms with Gasteiger partial charge in [0.2, 0.25) is 27.7 Å². The van der Waals surface area contributed by atoms with Crippen molar-refractivity contribution in [3.05, 3.63) is 35.5 Å². The number of carbonyl (C=O) groups is 1. The number of benzene rings is 1. The molecule has 26 heavy (non-hydrogen) atoms. The summed E-state index contributed by atoms with van der Waals surface area (Å²) in [5.74, 6) is 1.03. The quantitative estimate of drug-likeness (QED) is 0.819. The minimum atomic E-state index is -3.64. The number of nitrogens with one attached hydrogen (secondary N) is 1. The minimum Gasteiger partial charge on any atom is -0.425 e. The summed E-state index contributed by atoms with van der Waals surface area (Å²) in [5.41, 5.74) is 1.64. The lowest BCUT2D eigenvalue weighted by molar-refractivity contribution is -0.116. The van der Waals surface area contributed by atoms with Gasteiger partial charge in [0, 0.05) is 38.0 Å². The summed E-state index contributed by atoms with van der Waals surface area (Å²) in [7, 11) is -3.64. The molecule has 1 aliphatic rings. The highest BCUT2D eigenvalue weighted by molar-refractivity contribution is 7.89. The summed E-state index contributed by atoms with van der Waals surface area (Å²) in [6.45, 7) is 6.14. The fourth-order valence-electron chi connectivity index (χ4n) is 2.85. The van der Waals surface area contributed by atoms with Crippen LogP contribution in [0.3, 0.4) is 0 Å². The Hall–Kier alpha value is -2.26. The largest absolute Gasteiger partial charge is 0.425 e. The topological polar surface area (TPSA) is 105 Å². The molecule has 140 valence electrons. The molecule has 0 spiro atoms. The van der Waals surface area contributed by atoms with E-state index in [2.05, 4.69) is 14.9 Å². The Morgan fingerprint density at radius 1 is 1.35 bits per heavy atom. The van der Waals surface area contributed by atoms with Crippen molar-refractivity contribution in [1.29, 1.82) is 0 Å². The van der Waals surface area contributed by atoms with Gasteiger partial charge in [-0.3, -0.25) is 4.79 Å². The van der Waals surface area contributed by atoms with E-state index >= 15 is 0 Å². The van der Waals surface area contributed by atoms with Crippen molar-refractivity contribution in [2.45, 2.75) is 44.4 Å². The van der Waals surface area contributed by atoms with Crippen molar-refractivity contribution in [1.82, 2.24) is 14.9 Å². The average molecular weight is 378 g/mol. The second kappa shape index (κ2) is 7.16. The van der Waals surface area contributed by atoms with Crippen LogP contribution in [0.5, 0.6) is 0 Å². The van der Waals surface area contributed by atoms with Crippen LogP contribution in [0.1, 0.15) is 44.0 Å². The fourth-order valence-corrected chi connectivity index (χ4v) is 3.93. The van der Waals surface area contributed by atoms with Crippen molar-refractivity contribution in [2.24, 2.45) is 0 Å². The van der Waals surface area contributed by atoms with E-state index in [1.165, 1.54) is 13.0 Å². The number of anilines is 1. The Morgan fingerprint density at radius 3 is 2.77 bits per heavy atom. The maximum Gasteiger partial charge on any atom is 0.240 e. The Morgan fingerprint density at radius 2 is 2.12 bits per heavy atom. The number of hydrogen-bond donors (Lipinski definition) is 1. The normalized spacial score (nSPS) is 14.1. The molecule has 1 amide bonds. The van der Waals surface area contributed by atoms with Crippen LogP contribution in [-0.4, -0.2) is 37.6 Å². The first kappa shape index (κ1) is 18.5. The Labute approximate surface area is 152 Å². The maximum atomic E-state index is 12.5. The van der Waals surface area contributed by atoms with Crippen LogP contribution in [0.15, 0.2) is 27.5 Å². The highest BCUT2D eigenvalue weighted by Crippen LogP contribution is 2.30. The van der Waals surface area contributed by atoms with Crippen LogP contribution in [0.2, 0.25) is 0 Å². The second-order valence-corrected chi connectivity index (χ2v) is 8.31. The van der Waals surface area contributed by atoms with Crippen molar-refractivity contribution < 1.29 is 17.6 Å². The minimum absolute atomic E-state index is 0.0437. The van der Waals surface area contributed by atoms with E-state index in [-0.39, 0.29) is 23.3 Å². The molecular weight excluding hydrogens is 356 g/mol. The SMILES string of the molecule is CC(=O)N1CCc2cc(S(=O)(=O)NCCc3nnc(C(C)C)o3)ccc21. The molecule has 1 aromatic carbocycles. The molecular formula is C17H22N4O4S. The van der Waals surface area contributed by atoms with Crippen molar-refractivity contribution in [3.8, 4) is 0 Å². The lowest BCUT2D eigenvalue weighted by atomic mass is 10.2. The number of nitrogens with zero attached hydrogens (tertiary/aromatic N) is 3. The molecule has 0 saturated carbocycles. The van der Waals surface area contributed by atoms with Crippen LogP contribution in [-0.2, 0) is 27.7 Å². The predicted octanol–water partition coefficient (Wildman–Crippen LogP) is 1.62. The number of amides is 1. The van der Waals surface area contributed by atoms with Gasteiger partial charge in [0.1, 0.15) is 0 Å². The number of carbonyl (C=O) groups excluding carboxylic acids is 1. The molecule has 2 aromatic rings. The van der Waals surface area contributed by atoms with Gasteiger partial charge >= 0.3 is 0 Å². The first-order valence-electron chi connectivity index (χ1n) is 8.51. The smallest absolute Gasteiger partial charge is 0.240 e. The van der Waals surface area contributed by atoms with Crippen molar-refractivity contribution >= 4 is 21.6 Å². The van der Waals surface area contributed by atoms with Crippen LogP contribution in [0.4, 0.5) is 5.69 Å². The molecule has 0 radical (unpaired) electrons. The van der Waals surface area contributed by atoms with E-state index in [1.807, 2.05) is 13.8 Å². The number of hydrogen-bond acceptors (Lipinski definition) is 6. The zero-order valence-electron chi connectivity index (χ0n) is 15.0.